The number of aliphatic hydroxyl groups is 1. The molecule has 1 aliphatic rings. The van der Waals surface area contributed by atoms with Crippen LogP contribution in [0.4, 0.5) is 0 Å². The molecule has 192 valence electrons. The maximum absolute atomic E-state index is 13.1. The number of methoxy groups -OCH3 is 1. The van der Waals surface area contributed by atoms with Gasteiger partial charge in [-0.25, -0.2) is 12.7 Å². The van der Waals surface area contributed by atoms with Crippen LogP contribution in [0.1, 0.15) is 23.6 Å². The first-order valence-corrected chi connectivity index (χ1v) is 12.7. The fourth-order valence-corrected chi connectivity index (χ4v) is 4.79. The van der Waals surface area contributed by atoms with E-state index >= 15 is 0 Å². The normalized spacial score (nSPS) is 17.6. The average molecular weight is 515 g/mol. The molecule has 0 unspecified atom stereocenters. The first-order valence-electron chi connectivity index (χ1n) is 11.3. The second-order valence-electron chi connectivity index (χ2n) is 8.32. The zero-order chi connectivity index (χ0) is 26.5. The Morgan fingerprint density at radius 1 is 1.11 bits per heavy atom. The molecule has 1 heterocycles. The summed E-state index contributed by atoms with van der Waals surface area (Å²) in [6.45, 7) is 4.58. The van der Waals surface area contributed by atoms with Gasteiger partial charge < -0.3 is 19.5 Å². The van der Waals surface area contributed by atoms with E-state index in [0.29, 0.717) is 30.9 Å². The molecule has 0 aromatic heterocycles. The van der Waals surface area contributed by atoms with E-state index in [1.54, 1.807) is 37.5 Å². The molecule has 1 N–H and O–H groups in total. The van der Waals surface area contributed by atoms with Gasteiger partial charge in [-0.1, -0.05) is 24.8 Å². The highest BCUT2D eigenvalue weighted by Crippen LogP contribution is 2.40. The van der Waals surface area contributed by atoms with Crippen LogP contribution in [0, 0.1) is 0 Å². The molecule has 0 aliphatic carbocycles. The van der Waals surface area contributed by atoms with Crippen molar-refractivity contribution >= 4 is 27.5 Å². The molecule has 3 rings (SSSR count). The van der Waals surface area contributed by atoms with Gasteiger partial charge >= 0.3 is 0 Å². The monoisotopic (exact) mass is 514 g/mol. The second kappa shape index (κ2) is 11.5. The Labute approximate surface area is 211 Å². The molecule has 0 spiro atoms. The summed E-state index contributed by atoms with van der Waals surface area (Å²) >= 11 is 0. The minimum absolute atomic E-state index is 0.0377. The fraction of sp³-hybridized carbons (Fsp3) is 0.308. The highest BCUT2D eigenvalue weighted by atomic mass is 32.2. The van der Waals surface area contributed by atoms with E-state index in [2.05, 4.69) is 6.58 Å². The molecule has 0 saturated carbocycles. The number of likely N-dealkylation sites (tertiary alicyclic amines) is 1. The summed E-state index contributed by atoms with van der Waals surface area (Å²) in [5.74, 6) is -1.33. The number of ether oxygens (including phenoxy) is 2. The number of aliphatic hydroxyl groups excluding tert-OH is 1. The Hall–Kier alpha value is -3.47. The largest absolute Gasteiger partial charge is 0.507 e. The summed E-state index contributed by atoms with van der Waals surface area (Å²) in [5, 5.41) is 11.2. The van der Waals surface area contributed by atoms with Crippen molar-refractivity contribution in [2.45, 2.75) is 17.4 Å². The van der Waals surface area contributed by atoms with Crippen LogP contribution in [0.2, 0.25) is 0 Å². The smallest absolute Gasteiger partial charge is 0.295 e. The van der Waals surface area contributed by atoms with Crippen molar-refractivity contribution in [2.24, 2.45) is 0 Å². The number of carbonyl (C=O) groups is 2. The standard InChI is InChI=1S/C26H30N2O7S/c1-5-16-35-20-11-7-18(8-12-20)23-22(25(30)26(31)28(23)15-6-17-34-4)24(29)19-9-13-21(14-10-19)36(32,33)27(2)3/h5,7-14,23,29H,1,6,15-17H2,2-4H3/t23-/m0/s1. The fourth-order valence-electron chi connectivity index (χ4n) is 3.89. The van der Waals surface area contributed by atoms with Crippen LogP contribution in [-0.4, -0.2) is 75.4 Å². The van der Waals surface area contributed by atoms with Crippen molar-refractivity contribution in [3.63, 3.8) is 0 Å². The molecular formula is C26H30N2O7S. The number of amides is 1. The third-order valence-corrected chi connectivity index (χ3v) is 7.59. The molecule has 1 aliphatic heterocycles. The SMILES string of the molecule is C=CCOc1ccc([C@H]2C(=C(O)c3ccc(S(=O)(=O)N(C)C)cc3)C(=O)C(=O)N2CCCOC)cc1. The predicted molar refractivity (Wildman–Crippen MR) is 135 cm³/mol. The zero-order valence-electron chi connectivity index (χ0n) is 20.5. The molecule has 1 amide bonds. The molecule has 1 fully saturated rings. The van der Waals surface area contributed by atoms with Crippen LogP contribution in [0.5, 0.6) is 5.75 Å². The third-order valence-electron chi connectivity index (χ3n) is 5.76. The van der Waals surface area contributed by atoms with Crippen molar-refractivity contribution < 1.29 is 32.6 Å². The lowest BCUT2D eigenvalue weighted by Gasteiger charge is -2.25. The number of sulfonamides is 1. The zero-order valence-corrected chi connectivity index (χ0v) is 21.3. The van der Waals surface area contributed by atoms with E-state index in [1.807, 2.05) is 0 Å². The maximum atomic E-state index is 13.1. The Morgan fingerprint density at radius 3 is 2.31 bits per heavy atom. The van der Waals surface area contributed by atoms with Gasteiger partial charge in [0.05, 0.1) is 16.5 Å². The average Bonchev–Trinajstić information content (AvgIpc) is 3.12. The number of nitrogens with zero attached hydrogens (tertiary/aromatic N) is 2. The summed E-state index contributed by atoms with van der Waals surface area (Å²) in [6.07, 6.45) is 2.12. The number of rotatable bonds is 11. The lowest BCUT2D eigenvalue weighted by molar-refractivity contribution is -0.140. The Balaban J connectivity index is 2.07. The first-order chi connectivity index (χ1) is 17.1. The van der Waals surface area contributed by atoms with E-state index < -0.39 is 27.8 Å². The number of carbonyl (C=O) groups excluding carboxylic acids is 2. The van der Waals surface area contributed by atoms with Gasteiger partial charge in [-0.05, 0) is 48.4 Å². The summed E-state index contributed by atoms with van der Waals surface area (Å²) in [6, 6.07) is 11.6. The number of Topliss-reactive ketones (excluding diaryl/α,β-unsaturated/α-hetero) is 1. The minimum atomic E-state index is -3.67. The minimum Gasteiger partial charge on any atom is -0.507 e. The first kappa shape index (κ1) is 27.1. The van der Waals surface area contributed by atoms with Crippen LogP contribution >= 0.6 is 0 Å². The lowest BCUT2D eigenvalue weighted by atomic mass is 9.95. The van der Waals surface area contributed by atoms with Crippen molar-refractivity contribution in [2.75, 3.05) is 41.0 Å². The van der Waals surface area contributed by atoms with Gasteiger partial charge in [0.25, 0.3) is 11.7 Å². The molecule has 1 atom stereocenters. The maximum Gasteiger partial charge on any atom is 0.295 e. The van der Waals surface area contributed by atoms with Crippen molar-refractivity contribution in [3.05, 3.63) is 77.9 Å². The summed E-state index contributed by atoms with van der Waals surface area (Å²) in [5.41, 5.74) is 0.768. The van der Waals surface area contributed by atoms with Gasteiger partial charge in [-0.2, -0.15) is 0 Å². The van der Waals surface area contributed by atoms with Crippen LogP contribution < -0.4 is 4.74 Å². The molecule has 10 heteroatoms. The van der Waals surface area contributed by atoms with Crippen molar-refractivity contribution in [1.82, 2.24) is 9.21 Å². The van der Waals surface area contributed by atoms with Crippen LogP contribution in [0.3, 0.4) is 0 Å². The quantitative estimate of drug-likeness (QED) is 0.161. The molecule has 9 nitrogen and oxygen atoms in total. The van der Waals surface area contributed by atoms with Gasteiger partial charge in [-0.3, -0.25) is 9.59 Å². The topological polar surface area (TPSA) is 113 Å². The van der Waals surface area contributed by atoms with Gasteiger partial charge in [0.15, 0.2) is 0 Å². The summed E-state index contributed by atoms with van der Waals surface area (Å²) in [4.78, 5) is 27.5. The molecular weight excluding hydrogens is 484 g/mol. The van der Waals surface area contributed by atoms with E-state index in [4.69, 9.17) is 9.47 Å². The predicted octanol–water partition coefficient (Wildman–Crippen LogP) is 2.96. The summed E-state index contributed by atoms with van der Waals surface area (Å²) in [7, 11) is 0.719. The lowest BCUT2D eigenvalue weighted by Crippen LogP contribution is -2.31. The number of hydrogen-bond donors (Lipinski definition) is 1. The Kier molecular flexibility index (Phi) is 8.67. The van der Waals surface area contributed by atoms with Crippen LogP contribution in [-0.2, 0) is 24.3 Å². The summed E-state index contributed by atoms with van der Waals surface area (Å²) < 4.78 is 36.5. The van der Waals surface area contributed by atoms with Crippen molar-refractivity contribution in [3.8, 4) is 5.75 Å². The van der Waals surface area contributed by atoms with E-state index in [0.717, 1.165) is 4.31 Å². The Bertz CT molecular complexity index is 1250. The van der Waals surface area contributed by atoms with Crippen LogP contribution in [0.25, 0.3) is 5.76 Å². The molecule has 36 heavy (non-hydrogen) atoms. The van der Waals surface area contributed by atoms with E-state index in [-0.39, 0.29) is 28.3 Å². The molecule has 0 bridgehead atoms. The second-order valence-corrected chi connectivity index (χ2v) is 10.5. The number of ketones is 1. The van der Waals surface area contributed by atoms with Crippen LogP contribution in [0.15, 0.2) is 71.7 Å². The van der Waals surface area contributed by atoms with Gasteiger partial charge in [-0.15, -0.1) is 0 Å². The molecule has 2 aromatic carbocycles. The highest BCUT2D eigenvalue weighted by molar-refractivity contribution is 7.89. The van der Waals surface area contributed by atoms with Gasteiger partial charge in [0.2, 0.25) is 10.0 Å². The highest BCUT2D eigenvalue weighted by Gasteiger charge is 2.45. The van der Waals surface area contributed by atoms with E-state index in [1.165, 1.54) is 43.3 Å². The molecule has 2 aromatic rings. The number of hydrogen-bond acceptors (Lipinski definition) is 7. The third kappa shape index (κ3) is 5.51. The van der Waals surface area contributed by atoms with E-state index in [9.17, 15) is 23.1 Å². The van der Waals surface area contributed by atoms with Crippen molar-refractivity contribution in [1.29, 1.82) is 0 Å². The molecule has 0 radical (unpaired) electrons. The number of benzene rings is 2. The Morgan fingerprint density at radius 2 is 1.75 bits per heavy atom. The molecule has 1 saturated heterocycles. The van der Waals surface area contributed by atoms with Gasteiger partial charge in [0, 0.05) is 39.9 Å². The van der Waals surface area contributed by atoms with Gasteiger partial charge in [0.1, 0.15) is 18.1 Å².